The van der Waals surface area contributed by atoms with Crippen LogP contribution in [-0.4, -0.2) is 30.4 Å². The van der Waals surface area contributed by atoms with Crippen LogP contribution in [0.2, 0.25) is 0 Å². The Hall–Kier alpha value is -1.13. The Balaban J connectivity index is 0.00000147. The molecule has 3 nitrogen and oxygen atoms in total. The number of halogens is 2. The number of fused-ring (bicyclic) bond motifs is 1. The van der Waals surface area contributed by atoms with E-state index in [4.69, 9.17) is 0 Å². The van der Waals surface area contributed by atoms with Crippen molar-refractivity contribution in [3.63, 3.8) is 0 Å². The summed E-state index contributed by atoms with van der Waals surface area (Å²) in [6.07, 6.45) is 2.64. The van der Waals surface area contributed by atoms with E-state index < -0.39 is 0 Å². The highest BCUT2D eigenvalue weighted by Crippen LogP contribution is 2.23. The lowest BCUT2D eigenvalue weighted by Crippen LogP contribution is -2.43. The fourth-order valence-corrected chi connectivity index (χ4v) is 3.04. The van der Waals surface area contributed by atoms with Crippen molar-refractivity contribution in [2.45, 2.75) is 25.8 Å². The Morgan fingerprint density at radius 3 is 2.75 bits per heavy atom. The van der Waals surface area contributed by atoms with Crippen LogP contribution >= 0.6 is 12.4 Å². The second-order valence-corrected chi connectivity index (χ2v) is 5.45. The van der Waals surface area contributed by atoms with E-state index in [9.17, 15) is 9.18 Å². The van der Waals surface area contributed by atoms with Crippen LogP contribution in [0.5, 0.6) is 0 Å². The van der Waals surface area contributed by atoms with Crippen LogP contribution in [0.15, 0.2) is 18.2 Å². The van der Waals surface area contributed by atoms with Crippen LogP contribution in [-0.2, 0) is 17.8 Å². The van der Waals surface area contributed by atoms with Crippen LogP contribution in [0, 0.1) is 11.7 Å². The molecular formula is C15H20ClFN2O. The number of amides is 1. The topological polar surface area (TPSA) is 32.3 Å². The molecule has 1 amide bonds. The number of carbonyl (C=O) groups excluding carboxylic acids is 1. The normalized spacial score (nSPS) is 19.1. The molecule has 2 aliphatic heterocycles. The summed E-state index contributed by atoms with van der Waals surface area (Å²) in [5.41, 5.74) is 2.14. The molecule has 1 saturated heterocycles. The fourth-order valence-electron chi connectivity index (χ4n) is 3.04. The Kier molecular flexibility index (Phi) is 5.00. The number of benzene rings is 1. The van der Waals surface area contributed by atoms with Crippen LogP contribution in [0.25, 0.3) is 0 Å². The molecule has 0 aromatic heterocycles. The van der Waals surface area contributed by atoms with Gasteiger partial charge >= 0.3 is 0 Å². The van der Waals surface area contributed by atoms with Crippen LogP contribution in [0.1, 0.15) is 24.0 Å². The molecule has 110 valence electrons. The number of hydrogen-bond donors (Lipinski definition) is 1. The first-order valence-electron chi connectivity index (χ1n) is 7.01. The first-order valence-corrected chi connectivity index (χ1v) is 7.01. The lowest BCUT2D eigenvalue weighted by Gasteiger charge is -2.33. The first kappa shape index (κ1) is 15.3. The van der Waals surface area contributed by atoms with Gasteiger partial charge in [0.1, 0.15) is 5.82 Å². The van der Waals surface area contributed by atoms with E-state index in [1.54, 1.807) is 6.07 Å². The third kappa shape index (κ3) is 3.13. The monoisotopic (exact) mass is 298 g/mol. The van der Waals surface area contributed by atoms with Crippen molar-refractivity contribution >= 4 is 18.3 Å². The summed E-state index contributed by atoms with van der Waals surface area (Å²) in [6, 6.07) is 4.89. The van der Waals surface area contributed by atoms with E-state index in [0.717, 1.165) is 50.0 Å². The number of piperidine rings is 1. The van der Waals surface area contributed by atoms with E-state index >= 15 is 0 Å². The molecule has 0 aliphatic carbocycles. The summed E-state index contributed by atoms with van der Waals surface area (Å²) in [5.74, 6) is 0.261. The highest BCUT2D eigenvalue weighted by Gasteiger charge is 2.28. The van der Waals surface area contributed by atoms with Crippen molar-refractivity contribution in [1.29, 1.82) is 0 Å². The predicted octanol–water partition coefficient (Wildman–Crippen LogP) is 2.13. The third-order valence-corrected chi connectivity index (χ3v) is 4.18. The lowest BCUT2D eigenvalue weighted by atomic mass is 9.94. The van der Waals surface area contributed by atoms with Gasteiger partial charge in [-0.2, -0.15) is 0 Å². The molecule has 5 heteroatoms. The van der Waals surface area contributed by atoms with Gasteiger partial charge in [0.25, 0.3) is 0 Å². The van der Waals surface area contributed by atoms with Gasteiger partial charge in [0.15, 0.2) is 0 Å². The molecule has 1 N–H and O–H groups in total. The standard InChI is InChI=1S/C15H19FN2O.ClH/c16-14-2-1-13-10-18(8-5-12(13)9-14)15(19)11-3-6-17-7-4-11;/h1-2,9,11,17H,3-8,10H2;1H. The Bertz CT molecular complexity index is 489. The van der Waals surface area contributed by atoms with Gasteiger partial charge in [-0.05, 0) is 55.6 Å². The van der Waals surface area contributed by atoms with Crippen LogP contribution in [0.3, 0.4) is 0 Å². The molecule has 1 aromatic rings. The minimum atomic E-state index is -0.183. The van der Waals surface area contributed by atoms with E-state index in [1.165, 1.54) is 6.07 Å². The maximum absolute atomic E-state index is 13.2. The molecule has 0 saturated carbocycles. The van der Waals surface area contributed by atoms with Crippen molar-refractivity contribution in [2.75, 3.05) is 19.6 Å². The molecule has 3 rings (SSSR count). The number of nitrogens with one attached hydrogen (secondary N) is 1. The highest BCUT2D eigenvalue weighted by molar-refractivity contribution is 5.85. The molecule has 1 aromatic carbocycles. The molecule has 0 bridgehead atoms. The molecule has 0 radical (unpaired) electrons. The number of rotatable bonds is 1. The summed E-state index contributed by atoms with van der Waals surface area (Å²) >= 11 is 0. The van der Waals surface area contributed by atoms with Crippen molar-refractivity contribution < 1.29 is 9.18 Å². The van der Waals surface area contributed by atoms with Gasteiger partial charge in [-0.3, -0.25) is 4.79 Å². The fraction of sp³-hybridized carbons (Fsp3) is 0.533. The largest absolute Gasteiger partial charge is 0.338 e. The summed E-state index contributed by atoms with van der Waals surface area (Å²) in [7, 11) is 0. The summed E-state index contributed by atoms with van der Waals surface area (Å²) in [5, 5.41) is 3.28. The molecule has 0 unspecified atom stereocenters. The van der Waals surface area contributed by atoms with Crippen molar-refractivity contribution in [2.24, 2.45) is 5.92 Å². The first-order chi connectivity index (χ1) is 9.24. The molecule has 1 fully saturated rings. The highest BCUT2D eigenvalue weighted by atomic mass is 35.5. The summed E-state index contributed by atoms with van der Waals surface area (Å²) in [4.78, 5) is 14.4. The van der Waals surface area contributed by atoms with Crippen LogP contribution in [0.4, 0.5) is 4.39 Å². The quantitative estimate of drug-likeness (QED) is 0.861. The lowest BCUT2D eigenvalue weighted by molar-refractivity contribution is -0.137. The van der Waals surface area contributed by atoms with Gasteiger partial charge in [0, 0.05) is 19.0 Å². The zero-order valence-electron chi connectivity index (χ0n) is 11.4. The molecule has 2 aliphatic rings. The van der Waals surface area contributed by atoms with Gasteiger partial charge < -0.3 is 10.2 Å². The van der Waals surface area contributed by atoms with E-state index in [-0.39, 0.29) is 30.0 Å². The Morgan fingerprint density at radius 1 is 1.25 bits per heavy atom. The Morgan fingerprint density at radius 2 is 2.00 bits per heavy atom. The molecule has 0 spiro atoms. The molecule has 2 heterocycles. The SMILES string of the molecule is Cl.O=C(C1CCNCC1)N1CCc2cc(F)ccc2C1. The zero-order valence-corrected chi connectivity index (χ0v) is 12.2. The minimum Gasteiger partial charge on any atom is -0.338 e. The average Bonchev–Trinajstić information content (AvgIpc) is 2.47. The third-order valence-electron chi connectivity index (χ3n) is 4.18. The summed E-state index contributed by atoms with van der Waals surface area (Å²) < 4.78 is 13.2. The number of nitrogens with zero attached hydrogens (tertiary/aromatic N) is 1. The minimum absolute atomic E-state index is 0. The van der Waals surface area contributed by atoms with E-state index in [2.05, 4.69) is 5.32 Å². The van der Waals surface area contributed by atoms with Gasteiger partial charge in [0.2, 0.25) is 5.91 Å². The predicted molar refractivity (Wildman–Crippen MR) is 78.4 cm³/mol. The zero-order chi connectivity index (χ0) is 13.2. The second-order valence-electron chi connectivity index (χ2n) is 5.45. The van der Waals surface area contributed by atoms with E-state index in [1.807, 2.05) is 11.0 Å². The average molecular weight is 299 g/mol. The van der Waals surface area contributed by atoms with Gasteiger partial charge in [-0.1, -0.05) is 6.07 Å². The number of hydrogen-bond acceptors (Lipinski definition) is 2. The molecule has 20 heavy (non-hydrogen) atoms. The van der Waals surface area contributed by atoms with Crippen molar-refractivity contribution in [3.8, 4) is 0 Å². The van der Waals surface area contributed by atoms with E-state index in [0.29, 0.717) is 6.54 Å². The Labute approximate surface area is 124 Å². The van der Waals surface area contributed by atoms with Gasteiger partial charge in [0.05, 0.1) is 0 Å². The molecule has 0 atom stereocenters. The van der Waals surface area contributed by atoms with Crippen molar-refractivity contribution in [3.05, 3.63) is 35.1 Å². The van der Waals surface area contributed by atoms with Gasteiger partial charge in [-0.25, -0.2) is 4.39 Å². The second kappa shape index (κ2) is 6.55. The summed E-state index contributed by atoms with van der Waals surface area (Å²) in [6.45, 7) is 3.23. The van der Waals surface area contributed by atoms with Gasteiger partial charge in [-0.15, -0.1) is 12.4 Å². The molecular weight excluding hydrogens is 279 g/mol. The van der Waals surface area contributed by atoms with Crippen LogP contribution < -0.4 is 5.32 Å². The number of carbonyl (C=O) groups is 1. The maximum Gasteiger partial charge on any atom is 0.226 e. The smallest absolute Gasteiger partial charge is 0.226 e. The van der Waals surface area contributed by atoms with Crippen molar-refractivity contribution in [1.82, 2.24) is 10.2 Å². The maximum atomic E-state index is 13.2.